The monoisotopic (exact) mass is 472 g/mol. The van der Waals surface area contributed by atoms with E-state index in [0.29, 0.717) is 18.6 Å². The molecule has 0 aromatic carbocycles. The van der Waals surface area contributed by atoms with Crippen molar-refractivity contribution in [1.29, 1.82) is 0 Å². The zero-order valence-electron chi connectivity index (χ0n) is 15.5. The largest absolute Gasteiger partial charge is 0.366 e. The third-order valence-electron chi connectivity index (χ3n) is 6.35. The van der Waals surface area contributed by atoms with Crippen LogP contribution in [-0.4, -0.2) is 43.8 Å². The zero-order chi connectivity index (χ0) is 19.3. The van der Waals surface area contributed by atoms with Crippen LogP contribution in [-0.2, 0) is 23.8 Å². The van der Waals surface area contributed by atoms with Crippen molar-refractivity contribution in [1.82, 2.24) is 0 Å². The van der Waals surface area contributed by atoms with Gasteiger partial charge in [-0.1, -0.05) is 12.7 Å². The summed E-state index contributed by atoms with van der Waals surface area (Å²) in [5.74, 6) is -2.39. The van der Waals surface area contributed by atoms with E-state index in [4.69, 9.17) is 14.2 Å². The molecule has 1 heterocycles. The lowest BCUT2D eigenvalue weighted by molar-refractivity contribution is -0.240. The quantitative estimate of drug-likeness (QED) is 0.401. The molecular formula is C20H25IO5. The van der Waals surface area contributed by atoms with Gasteiger partial charge in [-0.25, -0.2) is 0 Å². The molecule has 2 fully saturated rings. The molecule has 1 saturated heterocycles. The average Bonchev–Trinajstić information content (AvgIpc) is 2.91. The number of hydrogen-bond acceptors (Lipinski definition) is 5. The van der Waals surface area contributed by atoms with E-state index < -0.39 is 22.7 Å². The van der Waals surface area contributed by atoms with Crippen LogP contribution in [0.25, 0.3) is 0 Å². The van der Waals surface area contributed by atoms with Crippen LogP contribution in [0.2, 0.25) is 0 Å². The summed E-state index contributed by atoms with van der Waals surface area (Å²) in [6.45, 7) is 9.76. The van der Waals surface area contributed by atoms with E-state index in [1.807, 2.05) is 6.08 Å². The van der Waals surface area contributed by atoms with E-state index in [0.717, 1.165) is 16.4 Å². The van der Waals surface area contributed by atoms with Gasteiger partial charge in [-0.2, -0.15) is 0 Å². The number of halogens is 1. The number of allylic oxidation sites excluding steroid dienone is 2. The lowest BCUT2D eigenvalue weighted by Gasteiger charge is -2.59. The van der Waals surface area contributed by atoms with Crippen LogP contribution < -0.4 is 0 Å². The van der Waals surface area contributed by atoms with Crippen molar-refractivity contribution in [2.45, 2.75) is 37.6 Å². The summed E-state index contributed by atoms with van der Waals surface area (Å²) in [6, 6.07) is 0. The third kappa shape index (κ3) is 2.31. The molecule has 6 heteroatoms. The lowest BCUT2D eigenvalue weighted by Crippen LogP contribution is -2.72. The lowest BCUT2D eigenvalue weighted by atomic mass is 9.46. The van der Waals surface area contributed by atoms with E-state index in [1.165, 1.54) is 21.1 Å². The smallest absolute Gasteiger partial charge is 0.240 e. The summed E-state index contributed by atoms with van der Waals surface area (Å²) in [7, 11) is 2.99. The van der Waals surface area contributed by atoms with Gasteiger partial charge in [0.1, 0.15) is 0 Å². The second-order valence-electron chi connectivity index (χ2n) is 7.41. The molecule has 1 saturated carbocycles. The highest BCUT2D eigenvalue weighted by molar-refractivity contribution is 14.1. The summed E-state index contributed by atoms with van der Waals surface area (Å²) in [5.41, 5.74) is -1.14. The van der Waals surface area contributed by atoms with Crippen molar-refractivity contribution in [2.75, 3.05) is 20.8 Å². The molecule has 0 aromatic heterocycles. The van der Waals surface area contributed by atoms with Gasteiger partial charge in [0.05, 0.1) is 12.5 Å². The molecule has 0 N–H and O–H groups in total. The maximum Gasteiger partial charge on any atom is 0.240 e. The average molecular weight is 472 g/mol. The standard InChI is InChI=1S/C20H25IO5/c1-6-9-18-11-26-20(25-5)16(18)14(13(3)22)10-19(24-4,17(20)23)15(18)8-7-12(2)21/h6,10,15-16H,1-2,7-9,11H2,3-5H3. The molecule has 3 aliphatic carbocycles. The Morgan fingerprint density at radius 2 is 2.15 bits per heavy atom. The summed E-state index contributed by atoms with van der Waals surface area (Å²) < 4.78 is 18.6. The molecule has 4 aliphatic rings. The first kappa shape index (κ1) is 19.9. The molecule has 5 atom stereocenters. The Morgan fingerprint density at radius 3 is 2.65 bits per heavy atom. The second kappa shape index (κ2) is 6.65. The van der Waals surface area contributed by atoms with Crippen molar-refractivity contribution in [2.24, 2.45) is 17.3 Å². The van der Waals surface area contributed by atoms with Gasteiger partial charge in [0.15, 0.2) is 11.4 Å². The predicted octanol–water partition coefficient (Wildman–Crippen LogP) is 3.38. The van der Waals surface area contributed by atoms with Gasteiger partial charge < -0.3 is 14.2 Å². The SMILES string of the molecule is C=CCC12COC3(OC)C(=O)C(OC)(C=C(C(C)=O)C31)C2CCC(=C)I. The minimum absolute atomic E-state index is 0.0824. The molecule has 5 nitrogen and oxygen atoms in total. The highest BCUT2D eigenvalue weighted by Crippen LogP contribution is 2.68. The molecule has 4 rings (SSSR count). The van der Waals surface area contributed by atoms with Crippen LogP contribution in [0.4, 0.5) is 0 Å². The number of Topliss-reactive ketones (excluding diaryl/α,β-unsaturated/α-hetero) is 2. The Morgan fingerprint density at radius 1 is 1.46 bits per heavy atom. The van der Waals surface area contributed by atoms with E-state index in [9.17, 15) is 9.59 Å². The van der Waals surface area contributed by atoms with Gasteiger partial charge in [0, 0.05) is 31.1 Å². The molecular weight excluding hydrogens is 447 g/mol. The zero-order valence-corrected chi connectivity index (χ0v) is 17.6. The number of rotatable bonds is 8. The van der Waals surface area contributed by atoms with Crippen molar-refractivity contribution < 1.29 is 23.8 Å². The molecule has 26 heavy (non-hydrogen) atoms. The molecule has 5 unspecified atom stereocenters. The van der Waals surface area contributed by atoms with Gasteiger partial charge in [-0.15, -0.1) is 6.58 Å². The third-order valence-corrected chi connectivity index (χ3v) is 6.89. The summed E-state index contributed by atoms with van der Waals surface area (Å²) in [5, 5.41) is 0. The maximum atomic E-state index is 13.5. The topological polar surface area (TPSA) is 61.8 Å². The Kier molecular flexibility index (Phi) is 5.10. The number of hydrogen-bond donors (Lipinski definition) is 0. The minimum Gasteiger partial charge on any atom is -0.366 e. The highest BCUT2D eigenvalue weighted by Gasteiger charge is 2.79. The van der Waals surface area contributed by atoms with Gasteiger partial charge in [-0.3, -0.25) is 9.59 Å². The van der Waals surface area contributed by atoms with Crippen LogP contribution in [0, 0.1) is 17.3 Å². The normalized spacial score (nSPS) is 40.5. The van der Waals surface area contributed by atoms with Crippen molar-refractivity contribution in [3.63, 3.8) is 0 Å². The van der Waals surface area contributed by atoms with Crippen molar-refractivity contribution in [3.05, 3.63) is 34.5 Å². The molecule has 0 amide bonds. The molecule has 142 valence electrons. The first-order valence-electron chi connectivity index (χ1n) is 8.72. The number of carbonyl (C=O) groups excluding carboxylic acids is 2. The molecule has 1 aliphatic heterocycles. The summed E-state index contributed by atoms with van der Waals surface area (Å²) in [4.78, 5) is 26.0. The molecule has 0 radical (unpaired) electrons. The Hall–Kier alpha value is -0.830. The minimum atomic E-state index is -1.47. The molecule has 4 bridgehead atoms. The molecule has 0 aromatic rings. The van der Waals surface area contributed by atoms with Crippen LogP contribution in [0.15, 0.2) is 34.5 Å². The number of methoxy groups -OCH3 is 2. The van der Waals surface area contributed by atoms with Crippen LogP contribution in [0.1, 0.15) is 26.2 Å². The first-order chi connectivity index (χ1) is 12.3. The second-order valence-corrected chi connectivity index (χ2v) is 8.94. The van der Waals surface area contributed by atoms with E-state index in [-0.39, 0.29) is 17.5 Å². The van der Waals surface area contributed by atoms with Gasteiger partial charge in [-0.05, 0) is 58.4 Å². The number of carbonyl (C=O) groups is 2. The Balaban J connectivity index is 2.28. The Bertz CT molecular complexity index is 713. The predicted molar refractivity (Wildman–Crippen MR) is 106 cm³/mol. The maximum absolute atomic E-state index is 13.5. The van der Waals surface area contributed by atoms with Gasteiger partial charge in [0.2, 0.25) is 11.6 Å². The number of ketones is 2. The fourth-order valence-corrected chi connectivity index (χ4v) is 5.71. The summed E-state index contributed by atoms with van der Waals surface area (Å²) in [6.07, 6.45) is 5.67. The van der Waals surface area contributed by atoms with E-state index in [2.05, 4.69) is 35.7 Å². The fraction of sp³-hybridized carbons (Fsp3) is 0.600. The van der Waals surface area contributed by atoms with E-state index in [1.54, 1.807) is 6.08 Å². The van der Waals surface area contributed by atoms with Crippen molar-refractivity contribution >= 4 is 34.2 Å². The van der Waals surface area contributed by atoms with Gasteiger partial charge >= 0.3 is 0 Å². The first-order valence-corrected chi connectivity index (χ1v) is 9.80. The summed E-state index contributed by atoms with van der Waals surface area (Å²) >= 11 is 2.21. The molecule has 0 spiro atoms. The Labute approximate surface area is 168 Å². The van der Waals surface area contributed by atoms with Gasteiger partial charge in [0.25, 0.3) is 0 Å². The van der Waals surface area contributed by atoms with Crippen LogP contribution in [0.3, 0.4) is 0 Å². The highest BCUT2D eigenvalue weighted by atomic mass is 127. The van der Waals surface area contributed by atoms with Crippen LogP contribution >= 0.6 is 22.6 Å². The number of ether oxygens (including phenoxy) is 3. The van der Waals surface area contributed by atoms with Crippen LogP contribution in [0.5, 0.6) is 0 Å². The van der Waals surface area contributed by atoms with Crippen molar-refractivity contribution in [3.8, 4) is 0 Å². The fourth-order valence-electron chi connectivity index (χ4n) is 5.40. The van der Waals surface area contributed by atoms with E-state index >= 15 is 0 Å².